The van der Waals surface area contributed by atoms with Crippen molar-refractivity contribution in [2.75, 3.05) is 13.1 Å². The Bertz CT molecular complexity index is 1300. The Morgan fingerprint density at radius 3 is 1.47 bits per heavy atom. The molecular formula is C26H20Cl2N2O4. The number of ether oxygens (including phenoxy) is 2. The van der Waals surface area contributed by atoms with Gasteiger partial charge in [-0.15, -0.1) is 0 Å². The number of carbonyl (C=O) groups excluding carboxylic acids is 2. The summed E-state index contributed by atoms with van der Waals surface area (Å²) >= 11 is 12.5. The number of benzene rings is 4. The van der Waals surface area contributed by atoms with E-state index in [-0.39, 0.29) is 24.6 Å². The minimum absolute atomic E-state index is 0.156. The molecule has 0 aromatic heterocycles. The molecule has 4 rings (SSSR count). The normalized spacial score (nSPS) is 10.8. The van der Waals surface area contributed by atoms with Gasteiger partial charge in [0.05, 0.1) is 0 Å². The number of hydrogen-bond acceptors (Lipinski definition) is 4. The van der Waals surface area contributed by atoms with Crippen LogP contribution in [0.3, 0.4) is 0 Å². The van der Waals surface area contributed by atoms with Crippen LogP contribution in [0.5, 0.6) is 11.5 Å². The van der Waals surface area contributed by atoms with E-state index in [9.17, 15) is 9.59 Å². The molecule has 8 heteroatoms. The van der Waals surface area contributed by atoms with Gasteiger partial charge in [-0.25, -0.2) is 9.59 Å². The first-order valence-electron chi connectivity index (χ1n) is 10.4. The molecule has 0 atom stereocenters. The highest BCUT2D eigenvalue weighted by molar-refractivity contribution is 6.32. The van der Waals surface area contributed by atoms with E-state index in [0.29, 0.717) is 21.2 Å². The topological polar surface area (TPSA) is 76.7 Å². The Hall–Kier alpha value is -3.48. The van der Waals surface area contributed by atoms with Crippen LogP contribution >= 0.6 is 23.2 Å². The van der Waals surface area contributed by atoms with Gasteiger partial charge in [0.2, 0.25) is 0 Å². The molecule has 0 aliphatic carbocycles. The maximum atomic E-state index is 12.3. The van der Waals surface area contributed by atoms with E-state index in [1.807, 2.05) is 12.1 Å². The van der Waals surface area contributed by atoms with Crippen molar-refractivity contribution < 1.29 is 19.1 Å². The van der Waals surface area contributed by atoms with Gasteiger partial charge in [-0.05, 0) is 71.8 Å². The molecule has 0 fully saturated rings. The molecule has 172 valence electrons. The highest BCUT2D eigenvalue weighted by Crippen LogP contribution is 2.46. The fraction of sp³-hybridized carbons (Fsp3) is 0.0769. The van der Waals surface area contributed by atoms with E-state index in [4.69, 9.17) is 32.7 Å². The fourth-order valence-electron chi connectivity index (χ4n) is 3.72. The number of fused-ring (bicyclic) bond motifs is 2. The third kappa shape index (κ3) is 4.88. The van der Waals surface area contributed by atoms with Crippen LogP contribution in [0.25, 0.3) is 32.7 Å². The second kappa shape index (κ2) is 10.2. The third-order valence-corrected chi connectivity index (χ3v) is 5.55. The first-order valence-corrected chi connectivity index (χ1v) is 11.1. The van der Waals surface area contributed by atoms with E-state index in [2.05, 4.69) is 24.5 Å². The lowest BCUT2D eigenvalue weighted by molar-refractivity contribution is 0.200. The minimum Gasteiger partial charge on any atom is -0.410 e. The Kier molecular flexibility index (Phi) is 7.10. The van der Waals surface area contributed by atoms with Crippen molar-refractivity contribution >= 4 is 56.9 Å². The summed E-state index contributed by atoms with van der Waals surface area (Å²) in [6, 6.07) is 17.7. The van der Waals surface area contributed by atoms with Crippen molar-refractivity contribution in [3.8, 4) is 22.6 Å². The van der Waals surface area contributed by atoms with Crippen molar-refractivity contribution in [1.29, 1.82) is 0 Å². The van der Waals surface area contributed by atoms with Crippen LogP contribution in [0.2, 0.25) is 10.0 Å². The van der Waals surface area contributed by atoms with Crippen LogP contribution in [-0.4, -0.2) is 25.3 Å². The predicted octanol–water partition coefficient (Wildman–Crippen LogP) is 6.81. The molecule has 2 N–H and O–H groups in total. The maximum Gasteiger partial charge on any atom is 0.412 e. The lowest BCUT2D eigenvalue weighted by Crippen LogP contribution is -2.27. The Balaban J connectivity index is 2.06. The zero-order valence-corrected chi connectivity index (χ0v) is 19.5. The molecule has 0 aliphatic heterocycles. The lowest BCUT2D eigenvalue weighted by Gasteiger charge is -2.19. The molecule has 0 spiro atoms. The van der Waals surface area contributed by atoms with Gasteiger partial charge in [-0.2, -0.15) is 0 Å². The van der Waals surface area contributed by atoms with Crippen molar-refractivity contribution in [3.63, 3.8) is 0 Å². The zero-order chi connectivity index (χ0) is 24.2. The van der Waals surface area contributed by atoms with Crippen LogP contribution in [0.1, 0.15) is 0 Å². The zero-order valence-electron chi connectivity index (χ0n) is 18.0. The molecule has 4 aromatic rings. The predicted molar refractivity (Wildman–Crippen MR) is 136 cm³/mol. The second-order valence-electron chi connectivity index (χ2n) is 7.24. The summed E-state index contributed by atoms with van der Waals surface area (Å²) in [5.74, 6) is 0.538. The van der Waals surface area contributed by atoms with Crippen LogP contribution in [0.15, 0.2) is 60.7 Å². The van der Waals surface area contributed by atoms with Gasteiger partial charge in [-0.3, -0.25) is 0 Å². The Labute approximate surface area is 206 Å². The molecule has 0 saturated carbocycles. The molecule has 0 saturated heterocycles. The maximum absolute atomic E-state index is 12.3. The SMILES string of the molecule is [CH2]CNC(=O)Oc1ccc2cc(Cl)ccc2c1-c1c(OC(=O)NC[CH2])ccc2cc(Cl)ccc12. The molecular weight excluding hydrogens is 475 g/mol. The Morgan fingerprint density at radius 1 is 0.676 bits per heavy atom. The van der Waals surface area contributed by atoms with Gasteiger partial charge >= 0.3 is 12.2 Å². The highest BCUT2D eigenvalue weighted by Gasteiger charge is 2.22. The van der Waals surface area contributed by atoms with Gasteiger partial charge in [0.25, 0.3) is 0 Å². The summed E-state index contributed by atoms with van der Waals surface area (Å²) in [7, 11) is 0. The summed E-state index contributed by atoms with van der Waals surface area (Å²) in [4.78, 5) is 24.7. The van der Waals surface area contributed by atoms with Crippen LogP contribution in [-0.2, 0) is 0 Å². The summed E-state index contributed by atoms with van der Waals surface area (Å²) in [6.07, 6.45) is -1.32. The summed E-state index contributed by atoms with van der Waals surface area (Å²) < 4.78 is 11.3. The molecule has 0 bridgehead atoms. The molecule has 34 heavy (non-hydrogen) atoms. The Morgan fingerprint density at radius 2 is 1.09 bits per heavy atom. The largest absolute Gasteiger partial charge is 0.412 e. The van der Waals surface area contributed by atoms with Crippen LogP contribution < -0.4 is 20.1 Å². The number of hydrogen-bond donors (Lipinski definition) is 2. The number of halogens is 2. The fourth-order valence-corrected chi connectivity index (χ4v) is 4.08. The van der Waals surface area contributed by atoms with Gasteiger partial charge < -0.3 is 20.1 Å². The van der Waals surface area contributed by atoms with Crippen LogP contribution in [0.4, 0.5) is 9.59 Å². The van der Waals surface area contributed by atoms with Gasteiger partial charge in [0, 0.05) is 34.3 Å². The van der Waals surface area contributed by atoms with Gasteiger partial charge in [0.1, 0.15) is 11.5 Å². The molecule has 4 aromatic carbocycles. The van der Waals surface area contributed by atoms with Gasteiger partial charge in [0.15, 0.2) is 0 Å². The number of nitrogens with one attached hydrogen (secondary N) is 2. The summed E-state index contributed by atoms with van der Waals surface area (Å²) in [6.45, 7) is 7.54. The average Bonchev–Trinajstić information content (AvgIpc) is 2.79. The molecule has 0 aliphatic rings. The van der Waals surface area contributed by atoms with E-state index in [1.54, 1.807) is 48.5 Å². The minimum atomic E-state index is -0.662. The molecule has 2 radical (unpaired) electrons. The molecule has 0 heterocycles. The quantitative estimate of drug-likeness (QED) is 0.319. The molecule has 6 nitrogen and oxygen atoms in total. The van der Waals surface area contributed by atoms with Crippen molar-refractivity contribution in [2.24, 2.45) is 0 Å². The standard InChI is InChI=1S/C26H20Cl2N2O4/c1-3-29-25(31)33-21-11-5-15-13-17(27)7-9-19(15)23(21)24-20-10-8-18(28)14-16(20)6-12-22(24)34-26(32)30-4-2/h5-14H,1-4H2,(H,29,31)(H,30,32). The summed E-state index contributed by atoms with van der Waals surface area (Å²) in [5, 5.41) is 9.27. The molecule has 0 unspecified atom stereocenters. The summed E-state index contributed by atoms with van der Waals surface area (Å²) in [5.41, 5.74) is 1.11. The number of amides is 2. The third-order valence-electron chi connectivity index (χ3n) is 5.08. The van der Waals surface area contributed by atoms with E-state index in [0.717, 1.165) is 21.5 Å². The first kappa shape index (κ1) is 23.7. The smallest absolute Gasteiger partial charge is 0.410 e. The monoisotopic (exact) mass is 494 g/mol. The van der Waals surface area contributed by atoms with E-state index < -0.39 is 12.2 Å². The van der Waals surface area contributed by atoms with Crippen molar-refractivity contribution in [2.45, 2.75) is 0 Å². The van der Waals surface area contributed by atoms with Crippen molar-refractivity contribution in [3.05, 3.63) is 84.6 Å². The van der Waals surface area contributed by atoms with E-state index in [1.165, 1.54) is 0 Å². The van der Waals surface area contributed by atoms with E-state index >= 15 is 0 Å². The lowest BCUT2D eigenvalue weighted by atomic mass is 9.92. The van der Waals surface area contributed by atoms with Crippen LogP contribution in [0, 0.1) is 13.8 Å². The highest BCUT2D eigenvalue weighted by atomic mass is 35.5. The number of carbonyl (C=O) groups is 2. The average molecular weight is 495 g/mol. The van der Waals surface area contributed by atoms with Crippen molar-refractivity contribution in [1.82, 2.24) is 10.6 Å². The second-order valence-corrected chi connectivity index (χ2v) is 8.11. The molecule has 2 amide bonds. The number of rotatable bonds is 5. The van der Waals surface area contributed by atoms with Gasteiger partial charge in [-0.1, -0.05) is 47.5 Å². The first-order chi connectivity index (χ1) is 16.4.